The molecule has 1 amide bonds. The molecular formula is C13H12I3NO5. The molecule has 0 aromatic heterocycles. The molecule has 22 heavy (non-hydrogen) atoms. The Bertz CT molecular complexity index is 633. The molecule has 0 radical (unpaired) electrons. The molecule has 1 aromatic carbocycles. The number of carbonyl (C=O) groups excluding carboxylic acids is 1. The lowest BCUT2D eigenvalue weighted by Gasteiger charge is -2.17. The van der Waals surface area contributed by atoms with Crippen molar-refractivity contribution in [1.82, 2.24) is 0 Å². The van der Waals surface area contributed by atoms with E-state index in [0.29, 0.717) is 5.69 Å². The smallest absolute Gasteiger partial charge is 0.307 e. The molecule has 1 atom stereocenters. The largest absolute Gasteiger partial charge is 0.481 e. The van der Waals surface area contributed by atoms with Crippen molar-refractivity contribution in [3.05, 3.63) is 22.3 Å². The van der Waals surface area contributed by atoms with Gasteiger partial charge in [-0.3, -0.25) is 14.4 Å². The first-order valence-corrected chi connectivity index (χ1v) is 9.25. The summed E-state index contributed by atoms with van der Waals surface area (Å²) in [6, 6.07) is 1.84. The van der Waals surface area contributed by atoms with E-state index in [9.17, 15) is 19.5 Å². The summed E-state index contributed by atoms with van der Waals surface area (Å²) in [7, 11) is 0. The van der Waals surface area contributed by atoms with Gasteiger partial charge >= 0.3 is 11.9 Å². The molecule has 9 heteroatoms. The van der Waals surface area contributed by atoms with E-state index >= 15 is 0 Å². The summed E-state index contributed by atoms with van der Waals surface area (Å²) in [5.41, 5.74) is 1.36. The van der Waals surface area contributed by atoms with Crippen molar-refractivity contribution in [3.8, 4) is 0 Å². The molecule has 3 N–H and O–H groups in total. The van der Waals surface area contributed by atoms with E-state index in [0.717, 1.165) is 16.3 Å². The first-order valence-electron chi connectivity index (χ1n) is 6.02. The van der Waals surface area contributed by atoms with E-state index in [1.807, 2.05) is 6.07 Å². The highest BCUT2D eigenvalue weighted by atomic mass is 127. The Labute approximate surface area is 167 Å². The zero-order valence-corrected chi connectivity index (χ0v) is 17.8. The Hall–Kier alpha value is -0.180. The summed E-state index contributed by atoms with van der Waals surface area (Å²) in [5.74, 6) is -3.52. The normalized spacial score (nSPS) is 11.8. The van der Waals surface area contributed by atoms with E-state index in [2.05, 4.69) is 73.1 Å². The number of amides is 1. The van der Waals surface area contributed by atoms with Crippen LogP contribution in [0.2, 0.25) is 0 Å². The first-order chi connectivity index (χ1) is 10.1. The van der Waals surface area contributed by atoms with Gasteiger partial charge in [-0.1, -0.05) is 0 Å². The summed E-state index contributed by atoms with van der Waals surface area (Å²) in [5, 5.41) is 20.8. The number of hydrogen-bond donors (Lipinski definition) is 3. The number of carboxylic acids is 2. The zero-order valence-electron chi connectivity index (χ0n) is 11.3. The van der Waals surface area contributed by atoms with Gasteiger partial charge in [0.1, 0.15) is 0 Å². The molecule has 0 bridgehead atoms. The predicted octanol–water partition coefficient (Wildman–Crippen LogP) is 3.18. The van der Waals surface area contributed by atoms with Gasteiger partial charge in [0.05, 0.1) is 18.0 Å². The third-order valence-corrected chi connectivity index (χ3v) is 5.79. The first kappa shape index (κ1) is 19.9. The lowest BCUT2D eigenvalue weighted by Crippen LogP contribution is -2.21. The van der Waals surface area contributed by atoms with Gasteiger partial charge in [-0.2, -0.15) is 0 Å². The molecule has 6 nitrogen and oxygen atoms in total. The number of hydrogen-bond acceptors (Lipinski definition) is 3. The summed E-state index contributed by atoms with van der Waals surface area (Å²) in [6.07, 6.45) is -0.343. The van der Waals surface area contributed by atoms with Crippen LogP contribution in [0.3, 0.4) is 0 Å². The van der Waals surface area contributed by atoms with Crippen LogP contribution in [0.1, 0.15) is 18.9 Å². The van der Waals surface area contributed by atoms with Crippen LogP contribution < -0.4 is 5.32 Å². The van der Waals surface area contributed by atoms with Crippen molar-refractivity contribution < 1.29 is 24.6 Å². The third-order valence-electron chi connectivity index (χ3n) is 2.79. The maximum Gasteiger partial charge on any atom is 0.307 e. The minimum atomic E-state index is -1.15. The van der Waals surface area contributed by atoms with E-state index in [4.69, 9.17) is 5.11 Å². The van der Waals surface area contributed by atoms with Gasteiger partial charge < -0.3 is 15.5 Å². The predicted molar refractivity (Wildman–Crippen MR) is 106 cm³/mol. The van der Waals surface area contributed by atoms with Crippen LogP contribution in [0, 0.1) is 16.6 Å². The van der Waals surface area contributed by atoms with Crippen LogP contribution in [-0.2, 0) is 20.8 Å². The number of aliphatic carboxylic acids is 2. The Kier molecular flexibility index (Phi) is 7.78. The van der Waals surface area contributed by atoms with Gasteiger partial charge in [0.25, 0.3) is 0 Å². The van der Waals surface area contributed by atoms with Crippen LogP contribution in [0.4, 0.5) is 5.69 Å². The summed E-state index contributed by atoms with van der Waals surface area (Å²) in [4.78, 5) is 33.4. The summed E-state index contributed by atoms with van der Waals surface area (Å²) >= 11 is 6.24. The Morgan fingerprint density at radius 3 is 2.23 bits per heavy atom. The molecule has 0 aliphatic carbocycles. The van der Waals surface area contributed by atoms with Gasteiger partial charge in [-0.15, -0.1) is 0 Å². The van der Waals surface area contributed by atoms with Crippen LogP contribution in [0.5, 0.6) is 0 Å². The average molecular weight is 643 g/mol. The molecule has 0 aliphatic rings. The minimum Gasteiger partial charge on any atom is -0.481 e. The number of anilines is 1. The molecule has 0 heterocycles. The average Bonchev–Trinajstić information content (AvgIpc) is 2.37. The van der Waals surface area contributed by atoms with Crippen molar-refractivity contribution >= 4 is 91.3 Å². The molecule has 0 spiro atoms. The van der Waals surface area contributed by atoms with Gasteiger partial charge in [0, 0.05) is 17.6 Å². The van der Waals surface area contributed by atoms with Crippen LogP contribution >= 0.6 is 67.8 Å². The van der Waals surface area contributed by atoms with Crippen molar-refractivity contribution in [1.29, 1.82) is 0 Å². The molecule has 120 valence electrons. The van der Waals surface area contributed by atoms with Crippen LogP contribution in [0.25, 0.3) is 0 Å². The van der Waals surface area contributed by atoms with E-state index in [-0.39, 0.29) is 12.3 Å². The lowest BCUT2D eigenvalue weighted by atomic mass is 9.96. The molecule has 0 saturated heterocycles. The molecular weight excluding hydrogens is 631 g/mol. The maximum atomic E-state index is 11.3. The maximum absolute atomic E-state index is 11.3. The highest BCUT2D eigenvalue weighted by Crippen LogP contribution is 2.33. The molecule has 1 unspecified atom stereocenters. The quantitative estimate of drug-likeness (QED) is 0.414. The van der Waals surface area contributed by atoms with Crippen LogP contribution in [-0.4, -0.2) is 28.1 Å². The zero-order chi connectivity index (χ0) is 17.0. The second-order valence-corrected chi connectivity index (χ2v) is 7.93. The summed E-state index contributed by atoms with van der Waals surface area (Å²) in [6.45, 7) is 1.40. The Morgan fingerprint density at radius 2 is 1.77 bits per heavy atom. The monoisotopic (exact) mass is 643 g/mol. The Morgan fingerprint density at radius 1 is 1.18 bits per heavy atom. The SMILES string of the molecule is CC(=O)Nc1c(I)cc(I)c(CC(CC(=O)O)C(=O)O)c1I. The molecule has 1 rings (SSSR count). The highest BCUT2D eigenvalue weighted by molar-refractivity contribution is 14.1. The molecule has 0 aliphatic heterocycles. The topological polar surface area (TPSA) is 104 Å². The lowest BCUT2D eigenvalue weighted by molar-refractivity contribution is -0.148. The van der Waals surface area contributed by atoms with Crippen molar-refractivity contribution in [2.75, 3.05) is 5.32 Å². The van der Waals surface area contributed by atoms with Gasteiger partial charge in [0.2, 0.25) is 5.91 Å². The number of nitrogens with one attached hydrogen (secondary N) is 1. The second-order valence-electron chi connectivity index (χ2n) is 4.53. The fourth-order valence-corrected chi connectivity index (χ4v) is 5.89. The van der Waals surface area contributed by atoms with Crippen molar-refractivity contribution in [2.45, 2.75) is 19.8 Å². The summed E-state index contributed by atoms with van der Waals surface area (Å²) < 4.78 is 2.42. The molecule has 0 fully saturated rings. The van der Waals surface area contributed by atoms with Gasteiger partial charge in [-0.25, -0.2) is 0 Å². The van der Waals surface area contributed by atoms with E-state index in [1.165, 1.54) is 6.92 Å². The highest BCUT2D eigenvalue weighted by Gasteiger charge is 2.25. The number of halogens is 3. The molecule has 0 saturated carbocycles. The third kappa shape index (κ3) is 5.47. The van der Waals surface area contributed by atoms with Crippen molar-refractivity contribution in [2.24, 2.45) is 5.92 Å². The Balaban J connectivity index is 3.25. The fraction of sp³-hybridized carbons (Fsp3) is 0.308. The molecule has 1 aromatic rings. The number of benzene rings is 1. The van der Waals surface area contributed by atoms with Gasteiger partial charge in [-0.05, 0) is 85.8 Å². The van der Waals surface area contributed by atoms with Crippen LogP contribution in [0.15, 0.2) is 6.07 Å². The standard InChI is InChI=1S/C13H12I3NO5/c1-5(18)17-12-9(15)4-8(14)7(11(12)16)2-6(13(21)22)3-10(19)20/h4,6H,2-3H2,1H3,(H,17,18)(H,19,20)(H,21,22). The number of carbonyl (C=O) groups is 3. The van der Waals surface area contributed by atoms with Crippen molar-refractivity contribution in [3.63, 3.8) is 0 Å². The fourth-order valence-electron chi connectivity index (χ4n) is 1.81. The second kappa shape index (κ2) is 8.61. The van der Waals surface area contributed by atoms with Gasteiger partial charge in [0.15, 0.2) is 0 Å². The van der Waals surface area contributed by atoms with E-state index < -0.39 is 24.3 Å². The van der Waals surface area contributed by atoms with E-state index in [1.54, 1.807) is 0 Å². The number of rotatable bonds is 6. The number of carboxylic acid groups (broad SMARTS) is 2. The minimum absolute atomic E-state index is 0.0989.